The highest BCUT2D eigenvalue weighted by Gasteiger charge is 2.32. The molecule has 1 heterocycles. The molecule has 1 amide bonds. The number of amides is 1. The van der Waals surface area contributed by atoms with Crippen LogP contribution in [0.4, 0.5) is 0 Å². The smallest absolute Gasteiger partial charge is 0.241 e. The molecule has 1 aliphatic rings. The van der Waals surface area contributed by atoms with Gasteiger partial charge in [-0.2, -0.15) is 0 Å². The molecule has 11 heavy (non-hydrogen) atoms. The molecule has 0 saturated carbocycles. The maximum Gasteiger partial charge on any atom is 0.241 e. The molecule has 1 saturated heterocycles. The zero-order valence-corrected chi connectivity index (χ0v) is 6.63. The fourth-order valence-electron chi connectivity index (χ4n) is 1.04. The fraction of sp³-hybridized carbons (Fsp3) is 0.625. The number of carbonyl (C=O) groups is 1. The Kier molecular flexibility index (Phi) is 2.50. The summed E-state index contributed by atoms with van der Waals surface area (Å²) in [6.45, 7) is 3.22. The van der Waals surface area contributed by atoms with Gasteiger partial charge in [0.25, 0.3) is 0 Å². The van der Waals surface area contributed by atoms with Crippen LogP contribution >= 0.6 is 0 Å². The Bertz CT molecular complexity index is 214. The van der Waals surface area contributed by atoms with Crippen LogP contribution in [0.25, 0.3) is 0 Å². The van der Waals surface area contributed by atoms with Gasteiger partial charge in [0, 0.05) is 19.5 Å². The van der Waals surface area contributed by atoms with Crippen molar-refractivity contribution in [2.24, 2.45) is 5.73 Å². The van der Waals surface area contributed by atoms with E-state index in [1.54, 1.807) is 11.8 Å². The van der Waals surface area contributed by atoms with Crippen LogP contribution in [0.1, 0.15) is 13.3 Å². The molecule has 0 aliphatic carbocycles. The average molecular weight is 152 g/mol. The zero-order chi connectivity index (χ0) is 8.27. The molecule has 0 radical (unpaired) electrons. The summed E-state index contributed by atoms with van der Waals surface area (Å²) in [4.78, 5) is 12.6. The van der Waals surface area contributed by atoms with Gasteiger partial charge in [-0.15, -0.1) is 11.8 Å². The van der Waals surface area contributed by atoms with Crippen LogP contribution in [0.2, 0.25) is 0 Å². The van der Waals surface area contributed by atoms with Crippen molar-refractivity contribution in [3.63, 3.8) is 0 Å². The van der Waals surface area contributed by atoms with Gasteiger partial charge in [-0.05, 0) is 6.92 Å². The number of hydrogen-bond acceptors (Lipinski definition) is 2. The molecule has 1 rings (SSSR count). The number of carbonyl (C=O) groups excluding carboxylic acids is 1. The minimum absolute atomic E-state index is 0.0582. The van der Waals surface area contributed by atoms with E-state index in [2.05, 4.69) is 11.8 Å². The molecule has 3 heteroatoms. The lowest BCUT2D eigenvalue weighted by Gasteiger charge is -2.35. The third-order valence-corrected chi connectivity index (χ3v) is 1.73. The highest BCUT2D eigenvalue weighted by Crippen LogP contribution is 2.07. The van der Waals surface area contributed by atoms with Gasteiger partial charge in [-0.25, -0.2) is 0 Å². The molecule has 0 spiro atoms. The van der Waals surface area contributed by atoms with Gasteiger partial charge in [0.05, 0.1) is 0 Å². The molecule has 0 aromatic rings. The van der Waals surface area contributed by atoms with E-state index in [1.165, 1.54) is 0 Å². The lowest BCUT2D eigenvalue weighted by molar-refractivity contribution is -0.142. The van der Waals surface area contributed by atoms with E-state index < -0.39 is 0 Å². The molecule has 0 aromatic carbocycles. The fourth-order valence-corrected chi connectivity index (χ4v) is 1.04. The first-order valence-corrected chi connectivity index (χ1v) is 3.69. The van der Waals surface area contributed by atoms with E-state index in [0.29, 0.717) is 6.54 Å². The number of nitrogens with two attached hydrogens (primary N) is 1. The first-order chi connectivity index (χ1) is 5.25. The van der Waals surface area contributed by atoms with Gasteiger partial charge in [0.1, 0.15) is 6.04 Å². The summed E-state index contributed by atoms with van der Waals surface area (Å²) in [6.07, 6.45) is 0.759. The Balaban J connectivity index is 2.18. The quantitative estimate of drug-likeness (QED) is 0.431. The Hall–Kier alpha value is -1.01. The van der Waals surface area contributed by atoms with Crippen LogP contribution in [-0.4, -0.2) is 29.9 Å². The lowest BCUT2D eigenvalue weighted by Crippen LogP contribution is -2.60. The number of rotatable bonds is 2. The Morgan fingerprint density at radius 3 is 3.00 bits per heavy atom. The SMILES string of the molecule is CC#CCCN1CC(N)C1=O. The zero-order valence-electron chi connectivity index (χ0n) is 6.63. The van der Waals surface area contributed by atoms with Gasteiger partial charge in [0.2, 0.25) is 5.91 Å². The molecular formula is C8H12N2O. The number of hydrogen-bond donors (Lipinski definition) is 1. The first kappa shape index (κ1) is 8.09. The van der Waals surface area contributed by atoms with Crippen molar-refractivity contribution in [1.82, 2.24) is 4.90 Å². The third-order valence-electron chi connectivity index (χ3n) is 1.73. The Labute approximate surface area is 66.5 Å². The van der Waals surface area contributed by atoms with Gasteiger partial charge in [0.15, 0.2) is 0 Å². The second-order valence-corrected chi connectivity index (χ2v) is 2.57. The van der Waals surface area contributed by atoms with E-state index in [9.17, 15) is 4.79 Å². The molecule has 1 unspecified atom stereocenters. The maximum absolute atomic E-state index is 10.9. The Morgan fingerprint density at radius 2 is 2.55 bits per heavy atom. The minimum atomic E-state index is -0.246. The topological polar surface area (TPSA) is 46.3 Å². The summed E-state index contributed by atoms with van der Waals surface area (Å²) in [5, 5.41) is 0. The molecule has 2 N–H and O–H groups in total. The highest BCUT2D eigenvalue weighted by molar-refractivity contribution is 5.87. The standard InChI is InChI=1S/C8H12N2O/c1-2-3-4-5-10-6-7(9)8(10)11/h7H,4-6,9H2,1H3. The lowest BCUT2D eigenvalue weighted by atomic mass is 10.1. The van der Waals surface area contributed by atoms with Crippen LogP contribution in [0, 0.1) is 11.8 Å². The molecule has 0 aromatic heterocycles. The largest absolute Gasteiger partial charge is 0.338 e. The highest BCUT2D eigenvalue weighted by atomic mass is 16.2. The van der Waals surface area contributed by atoms with Gasteiger partial charge < -0.3 is 10.6 Å². The second-order valence-electron chi connectivity index (χ2n) is 2.57. The molecule has 3 nitrogen and oxygen atoms in total. The van der Waals surface area contributed by atoms with E-state index in [0.717, 1.165) is 13.0 Å². The summed E-state index contributed by atoms with van der Waals surface area (Å²) in [5.74, 6) is 5.73. The van der Waals surface area contributed by atoms with Crippen LogP contribution in [0.15, 0.2) is 0 Å². The van der Waals surface area contributed by atoms with E-state index in [1.807, 2.05) is 0 Å². The number of likely N-dealkylation sites (tertiary alicyclic amines) is 1. The van der Waals surface area contributed by atoms with Gasteiger partial charge in [-0.1, -0.05) is 0 Å². The summed E-state index contributed by atoms with van der Waals surface area (Å²) in [5.41, 5.74) is 5.39. The Morgan fingerprint density at radius 1 is 1.82 bits per heavy atom. The van der Waals surface area contributed by atoms with Crippen LogP contribution < -0.4 is 5.73 Å². The number of nitrogens with zero attached hydrogens (tertiary/aromatic N) is 1. The monoisotopic (exact) mass is 152 g/mol. The van der Waals surface area contributed by atoms with Crippen molar-refractivity contribution in [1.29, 1.82) is 0 Å². The summed E-state index contributed by atoms with van der Waals surface area (Å²) >= 11 is 0. The van der Waals surface area contributed by atoms with Crippen LogP contribution in [0.5, 0.6) is 0 Å². The third kappa shape index (κ3) is 1.72. The van der Waals surface area contributed by atoms with E-state index in [4.69, 9.17) is 5.73 Å². The summed E-state index contributed by atoms with van der Waals surface area (Å²) < 4.78 is 0. The van der Waals surface area contributed by atoms with Crippen molar-refractivity contribution in [2.45, 2.75) is 19.4 Å². The van der Waals surface area contributed by atoms with Crippen molar-refractivity contribution >= 4 is 5.91 Å². The minimum Gasteiger partial charge on any atom is -0.338 e. The first-order valence-electron chi connectivity index (χ1n) is 3.69. The van der Waals surface area contributed by atoms with Crippen molar-refractivity contribution in [3.8, 4) is 11.8 Å². The van der Waals surface area contributed by atoms with Crippen molar-refractivity contribution < 1.29 is 4.79 Å². The van der Waals surface area contributed by atoms with Crippen LogP contribution in [0.3, 0.4) is 0 Å². The predicted octanol–water partition coefficient (Wildman–Crippen LogP) is -0.431. The second kappa shape index (κ2) is 3.40. The molecule has 1 aliphatic heterocycles. The average Bonchev–Trinajstić information content (AvgIpc) is 2.03. The van der Waals surface area contributed by atoms with Crippen LogP contribution in [-0.2, 0) is 4.79 Å². The number of β-lactam (4-membered cyclic amide) rings is 1. The van der Waals surface area contributed by atoms with Gasteiger partial charge >= 0.3 is 0 Å². The maximum atomic E-state index is 10.9. The molecule has 1 fully saturated rings. The summed E-state index contributed by atoms with van der Waals surface area (Å²) in [6, 6.07) is -0.246. The normalized spacial score (nSPS) is 22.2. The predicted molar refractivity (Wildman–Crippen MR) is 42.6 cm³/mol. The molecule has 60 valence electrons. The molecular weight excluding hydrogens is 140 g/mol. The van der Waals surface area contributed by atoms with Gasteiger partial charge in [-0.3, -0.25) is 4.79 Å². The van der Waals surface area contributed by atoms with E-state index >= 15 is 0 Å². The van der Waals surface area contributed by atoms with E-state index in [-0.39, 0.29) is 11.9 Å². The van der Waals surface area contributed by atoms with Crippen molar-refractivity contribution in [3.05, 3.63) is 0 Å². The van der Waals surface area contributed by atoms with Crippen molar-refractivity contribution in [2.75, 3.05) is 13.1 Å². The molecule has 1 atom stereocenters. The summed E-state index contributed by atoms with van der Waals surface area (Å²) in [7, 11) is 0. The molecule has 0 bridgehead atoms.